The highest BCUT2D eigenvalue weighted by Crippen LogP contribution is 2.41. The van der Waals surface area contributed by atoms with Gasteiger partial charge in [0.2, 0.25) is 0 Å². The van der Waals surface area contributed by atoms with Gasteiger partial charge in [-0.1, -0.05) is 11.6 Å². The van der Waals surface area contributed by atoms with Gasteiger partial charge in [-0.2, -0.15) is 50.0 Å². The first-order chi connectivity index (χ1) is 20.5. The highest BCUT2D eigenvalue weighted by Gasteiger charge is 2.43. The summed E-state index contributed by atoms with van der Waals surface area (Å²) in [6.07, 6.45) is -10.2. The van der Waals surface area contributed by atoms with Crippen molar-refractivity contribution in [3.63, 3.8) is 0 Å². The summed E-state index contributed by atoms with van der Waals surface area (Å²) >= 11 is 5.46. The Morgan fingerprint density at radius 3 is 1.70 bits per heavy atom. The number of nitrogens with zero attached hydrogens (tertiary/aromatic N) is 4. The molecule has 2 saturated heterocycles. The highest BCUT2D eigenvalue weighted by atomic mass is 35.5. The maximum absolute atomic E-state index is 12.9. The van der Waals surface area contributed by atoms with Crippen LogP contribution >= 0.6 is 11.6 Å². The van der Waals surface area contributed by atoms with E-state index in [1.807, 2.05) is 4.90 Å². The van der Waals surface area contributed by atoms with Crippen molar-refractivity contribution in [3.8, 4) is 17.9 Å². The van der Waals surface area contributed by atoms with E-state index in [9.17, 15) is 44.8 Å². The first kappa shape index (κ1) is 32.7. The molecule has 3 atom stereocenters. The van der Waals surface area contributed by atoms with Crippen molar-refractivity contribution >= 4 is 17.4 Å². The SMILES string of the molecule is N#Cc1cc(C(F)(F)F)ccc1Cl.N#Cc1cc(C(F)(F)F)ccc1OC1CC2CC[C@@H](C1)N2c1ccc(C(F)(F)F)cn1. The lowest BCUT2D eigenvalue weighted by atomic mass is 9.99. The normalized spacial score (nSPS) is 19.8. The quantitative estimate of drug-likeness (QED) is 0.266. The van der Waals surface area contributed by atoms with Crippen molar-refractivity contribution in [2.45, 2.75) is 62.4 Å². The molecule has 5 rings (SSSR count). The summed E-state index contributed by atoms with van der Waals surface area (Å²) in [5.41, 5.74) is -2.95. The second kappa shape index (κ2) is 12.4. The summed E-state index contributed by atoms with van der Waals surface area (Å²) in [6.45, 7) is 0. The minimum Gasteiger partial charge on any atom is -0.489 e. The van der Waals surface area contributed by atoms with Crippen LogP contribution < -0.4 is 9.64 Å². The van der Waals surface area contributed by atoms with E-state index < -0.39 is 35.2 Å². The summed E-state index contributed by atoms with van der Waals surface area (Å²) in [5, 5.41) is 17.7. The van der Waals surface area contributed by atoms with Crippen LogP contribution in [0, 0.1) is 22.7 Å². The molecule has 2 bridgehead atoms. The highest BCUT2D eigenvalue weighted by molar-refractivity contribution is 6.31. The molecule has 2 fully saturated rings. The Morgan fingerprint density at radius 2 is 1.23 bits per heavy atom. The molecule has 3 heterocycles. The second-order valence-corrected chi connectivity index (χ2v) is 10.4. The van der Waals surface area contributed by atoms with Crippen molar-refractivity contribution in [2.75, 3.05) is 4.90 Å². The number of nitriles is 2. The molecule has 2 aliphatic heterocycles. The summed E-state index contributed by atoms with van der Waals surface area (Å²) in [6, 6.07) is 11.1. The lowest BCUT2D eigenvalue weighted by Gasteiger charge is -2.39. The van der Waals surface area contributed by atoms with Crippen LogP contribution in [0.15, 0.2) is 54.7 Å². The van der Waals surface area contributed by atoms with Crippen molar-refractivity contribution in [1.29, 1.82) is 10.5 Å². The Morgan fingerprint density at radius 1 is 0.727 bits per heavy atom. The van der Waals surface area contributed by atoms with Gasteiger partial charge in [-0.05, 0) is 61.4 Å². The Balaban J connectivity index is 0.000000285. The number of pyridine rings is 1. The fraction of sp³-hybridized carbons (Fsp3) is 0.345. The largest absolute Gasteiger partial charge is 0.489 e. The van der Waals surface area contributed by atoms with Gasteiger partial charge < -0.3 is 9.64 Å². The van der Waals surface area contributed by atoms with Gasteiger partial charge in [0.05, 0.1) is 32.8 Å². The Kier molecular flexibility index (Phi) is 9.26. The van der Waals surface area contributed by atoms with Gasteiger partial charge in [-0.15, -0.1) is 0 Å². The minimum absolute atomic E-state index is 0.00651. The lowest BCUT2D eigenvalue weighted by molar-refractivity contribution is -0.138. The first-order valence-corrected chi connectivity index (χ1v) is 13.3. The maximum atomic E-state index is 12.9. The molecule has 0 spiro atoms. The first-order valence-electron chi connectivity index (χ1n) is 12.9. The summed E-state index contributed by atoms with van der Waals surface area (Å²) in [5.74, 6) is 0.562. The number of halogens is 10. The summed E-state index contributed by atoms with van der Waals surface area (Å²) in [7, 11) is 0. The topological polar surface area (TPSA) is 72.9 Å². The zero-order valence-electron chi connectivity index (χ0n) is 22.2. The molecule has 5 nitrogen and oxygen atoms in total. The molecule has 2 unspecified atom stereocenters. The molecule has 232 valence electrons. The smallest absolute Gasteiger partial charge is 0.417 e. The van der Waals surface area contributed by atoms with E-state index in [2.05, 4.69) is 4.98 Å². The van der Waals surface area contributed by atoms with Gasteiger partial charge in [-0.3, -0.25) is 0 Å². The predicted octanol–water partition coefficient (Wildman–Crippen LogP) is 8.80. The number of alkyl halides is 9. The number of fused-ring (bicyclic) bond motifs is 2. The van der Waals surface area contributed by atoms with E-state index in [-0.39, 0.29) is 40.1 Å². The van der Waals surface area contributed by atoms with Crippen LogP contribution in [0.1, 0.15) is 53.5 Å². The van der Waals surface area contributed by atoms with Crippen LogP contribution in [0.25, 0.3) is 0 Å². The number of benzene rings is 2. The van der Waals surface area contributed by atoms with Gasteiger partial charge in [0.1, 0.15) is 29.8 Å². The molecular formula is C29H20ClF9N4O. The van der Waals surface area contributed by atoms with Crippen LogP contribution in [-0.2, 0) is 18.5 Å². The molecule has 1 aromatic heterocycles. The Bertz CT molecular complexity index is 1560. The summed E-state index contributed by atoms with van der Waals surface area (Å²) in [4.78, 5) is 5.99. The number of anilines is 1. The van der Waals surface area contributed by atoms with Gasteiger partial charge in [0.25, 0.3) is 0 Å². The zero-order valence-corrected chi connectivity index (χ0v) is 23.0. The Hall–Kier alpha value is -4.17. The molecule has 44 heavy (non-hydrogen) atoms. The third-order valence-electron chi connectivity index (χ3n) is 7.16. The number of hydrogen-bond donors (Lipinski definition) is 0. The van der Waals surface area contributed by atoms with E-state index >= 15 is 0 Å². The minimum atomic E-state index is -4.55. The van der Waals surface area contributed by atoms with E-state index in [0.717, 1.165) is 61.5 Å². The molecule has 3 aromatic rings. The molecule has 2 aromatic carbocycles. The van der Waals surface area contributed by atoms with Crippen molar-refractivity contribution in [1.82, 2.24) is 4.98 Å². The fourth-order valence-corrected chi connectivity index (χ4v) is 5.33. The molecule has 15 heteroatoms. The molecule has 2 aliphatic rings. The average Bonchev–Trinajstić information content (AvgIpc) is 3.22. The third-order valence-corrected chi connectivity index (χ3v) is 7.49. The van der Waals surface area contributed by atoms with Gasteiger partial charge in [0, 0.05) is 31.1 Å². The van der Waals surface area contributed by atoms with Gasteiger partial charge >= 0.3 is 18.5 Å². The van der Waals surface area contributed by atoms with Crippen molar-refractivity contribution in [3.05, 3.63) is 87.6 Å². The van der Waals surface area contributed by atoms with Gasteiger partial charge in [-0.25, -0.2) is 4.98 Å². The van der Waals surface area contributed by atoms with E-state index in [0.29, 0.717) is 18.7 Å². The maximum Gasteiger partial charge on any atom is 0.417 e. The molecule has 0 N–H and O–H groups in total. The number of rotatable bonds is 3. The average molecular weight is 647 g/mol. The number of hydrogen-bond acceptors (Lipinski definition) is 5. The molecule has 0 aliphatic carbocycles. The van der Waals surface area contributed by atoms with Crippen molar-refractivity contribution < 1.29 is 44.3 Å². The monoisotopic (exact) mass is 646 g/mol. The molecule has 0 saturated carbocycles. The molecule has 0 radical (unpaired) electrons. The van der Waals surface area contributed by atoms with Crippen molar-refractivity contribution in [2.24, 2.45) is 0 Å². The van der Waals surface area contributed by atoms with Crippen LogP contribution in [0.2, 0.25) is 5.02 Å². The Labute approximate surface area is 250 Å². The second-order valence-electron chi connectivity index (χ2n) is 10.0. The van der Waals surface area contributed by atoms with Crippen LogP contribution in [-0.4, -0.2) is 23.2 Å². The lowest BCUT2D eigenvalue weighted by Crippen LogP contribution is -2.46. The fourth-order valence-electron chi connectivity index (χ4n) is 5.17. The number of ether oxygens (including phenoxy) is 1. The number of aromatic nitrogens is 1. The third kappa shape index (κ3) is 7.48. The standard InChI is InChI=1S/C21H17F6N3O.C8H3ClF3N/c22-20(23,24)13-1-5-18(12(7-13)10-28)31-17-8-15-3-4-16(9-17)30(15)19-6-2-14(11-29-19)21(25,26)27;9-7-2-1-6(8(10,11)12)3-5(7)4-13/h1-2,5-7,11,15-17H,3-4,8-9H2;1-3H/t15-,16?,17?;/m0./s1. The predicted molar refractivity (Wildman–Crippen MR) is 140 cm³/mol. The number of piperidine rings is 1. The van der Waals surface area contributed by atoms with E-state index in [4.69, 9.17) is 21.6 Å². The zero-order chi connectivity index (χ0) is 32.4. The van der Waals surface area contributed by atoms with Crippen LogP contribution in [0.5, 0.6) is 5.75 Å². The van der Waals surface area contributed by atoms with Gasteiger partial charge in [0.15, 0.2) is 0 Å². The van der Waals surface area contributed by atoms with E-state index in [1.165, 1.54) is 6.07 Å². The summed E-state index contributed by atoms with van der Waals surface area (Å²) < 4.78 is 119. The molecule has 0 amide bonds. The van der Waals surface area contributed by atoms with E-state index in [1.54, 1.807) is 12.1 Å². The molecular weight excluding hydrogens is 627 g/mol. The van der Waals surface area contributed by atoms with Crippen LogP contribution in [0.4, 0.5) is 45.3 Å². The van der Waals surface area contributed by atoms with Crippen LogP contribution in [0.3, 0.4) is 0 Å².